The molecule has 1 heterocycles. The Hall–Kier alpha value is -1.42. The van der Waals surface area contributed by atoms with Crippen molar-refractivity contribution in [1.82, 2.24) is 4.98 Å². The van der Waals surface area contributed by atoms with Gasteiger partial charge in [0, 0.05) is 12.8 Å². The van der Waals surface area contributed by atoms with Gasteiger partial charge in [-0.2, -0.15) is 0 Å². The molecule has 0 amide bonds. The van der Waals surface area contributed by atoms with E-state index in [9.17, 15) is 4.79 Å². The minimum atomic E-state index is -0.380. The standard InChI is InChI=1S/C17H21NO2S/c1-17(2,3)20-16(19)10-12-8-11(12)9-15-18-13-6-4-5-7-14(13)21-15/h4-7,11-12H,8-10H2,1-3H3/t11-,12+/m1/s1. The molecule has 1 saturated carbocycles. The lowest BCUT2D eigenvalue weighted by atomic mass is 10.1. The average Bonchev–Trinajstić information content (AvgIpc) is 2.94. The van der Waals surface area contributed by atoms with Crippen LogP contribution in [0.4, 0.5) is 0 Å². The number of nitrogens with zero attached hydrogens (tertiary/aromatic N) is 1. The summed E-state index contributed by atoms with van der Waals surface area (Å²) in [7, 11) is 0. The number of para-hydroxylation sites is 1. The van der Waals surface area contributed by atoms with Crippen LogP contribution in [-0.2, 0) is 16.0 Å². The van der Waals surface area contributed by atoms with Crippen molar-refractivity contribution in [2.75, 3.05) is 0 Å². The lowest BCUT2D eigenvalue weighted by Crippen LogP contribution is -2.24. The number of benzene rings is 1. The molecule has 1 aromatic carbocycles. The summed E-state index contributed by atoms with van der Waals surface area (Å²) in [5.41, 5.74) is 0.705. The Balaban J connectivity index is 1.53. The molecule has 0 bridgehead atoms. The Morgan fingerprint density at radius 1 is 1.33 bits per heavy atom. The van der Waals surface area contributed by atoms with Crippen molar-refractivity contribution in [3.63, 3.8) is 0 Å². The van der Waals surface area contributed by atoms with Crippen molar-refractivity contribution in [1.29, 1.82) is 0 Å². The second-order valence-corrected chi connectivity index (χ2v) is 7.94. The number of carbonyl (C=O) groups is 1. The van der Waals surface area contributed by atoms with E-state index in [4.69, 9.17) is 4.74 Å². The van der Waals surface area contributed by atoms with Gasteiger partial charge in [0.25, 0.3) is 0 Å². The van der Waals surface area contributed by atoms with Gasteiger partial charge in [-0.3, -0.25) is 4.79 Å². The van der Waals surface area contributed by atoms with Crippen LogP contribution in [0.5, 0.6) is 0 Å². The first-order valence-corrected chi connectivity index (χ1v) is 8.29. The van der Waals surface area contributed by atoms with Crippen LogP contribution in [0.1, 0.15) is 38.6 Å². The number of fused-ring (bicyclic) bond motifs is 1. The second kappa shape index (κ2) is 5.41. The van der Waals surface area contributed by atoms with E-state index in [2.05, 4.69) is 17.1 Å². The minimum Gasteiger partial charge on any atom is -0.460 e. The highest BCUT2D eigenvalue weighted by Crippen LogP contribution is 2.44. The third-order valence-electron chi connectivity index (χ3n) is 3.69. The van der Waals surface area contributed by atoms with Gasteiger partial charge >= 0.3 is 5.97 Å². The first-order chi connectivity index (χ1) is 9.90. The van der Waals surface area contributed by atoms with Crippen molar-refractivity contribution in [2.24, 2.45) is 11.8 Å². The monoisotopic (exact) mass is 303 g/mol. The highest BCUT2D eigenvalue weighted by molar-refractivity contribution is 7.18. The molecule has 0 radical (unpaired) electrons. The number of esters is 1. The molecule has 4 heteroatoms. The molecule has 1 aromatic heterocycles. The lowest BCUT2D eigenvalue weighted by molar-refractivity contribution is -0.155. The van der Waals surface area contributed by atoms with E-state index in [1.807, 2.05) is 32.9 Å². The second-order valence-electron chi connectivity index (χ2n) is 6.83. The molecule has 1 fully saturated rings. The quantitative estimate of drug-likeness (QED) is 0.794. The summed E-state index contributed by atoms with van der Waals surface area (Å²) >= 11 is 1.77. The number of hydrogen-bond donors (Lipinski definition) is 0. The van der Waals surface area contributed by atoms with Gasteiger partial charge in [-0.15, -0.1) is 11.3 Å². The predicted molar refractivity (Wildman–Crippen MR) is 85.4 cm³/mol. The molecule has 2 atom stereocenters. The zero-order valence-electron chi connectivity index (χ0n) is 12.8. The van der Waals surface area contributed by atoms with Crippen molar-refractivity contribution in [3.05, 3.63) is 29.3 Å². The fourth-order valence-electron chi connectivity index (χ4n) is 2.64. The largest absolute Gasteiger partial charge is 0.460 e. The maximum atomic E-state index is 11.8. The Bertz CT molecular complexity index is 623. The summed E-state index contributed by atoms with van der Waals surface area (Å²) in [4.78, 5) is 16.5. The maximum absolute atomic E-state index is 11.8. The van der Waals surface area contributed by atoms with Crippen molar-refractivity contribution >= 4 is 27.5 Å². The summed E-state index contributed by atoms with van der Waals surface area (Å²) in [6.07, 6.45) is 2.66. The van der Waals surface area contributed by atoms with E-state index < -0.39 is 0 Å². The van der Waals surface area contributed by atoms with Crippen molar-refractivity contribution < 1.29 is 9.53 Å². The molecule has 2 aromatic rings. The molecule has 0 saturated heterocycles. The first kappa shape index (κ1) is 14.5. The van der Waals surface area contributed by atoms with Gasteiger partial charge < -0.3 is 4.74 Å². The Labute approximate surface area is 129 Å². The first-order valence-electron chi connectivity index (χ1n) is 7.47. The molecule has 112 valence electrons. The SMILES string of the molecule is CC(C)(C)OC(=O)C[C@@H]1C[C@@H]1Cc1nc2ccccc2s1. The van der Waals surface area contributed by atoms with Crippen LogP contribution >= 0.6 is 11.3 Å². The van der Waals surface area contributed by atoms with Gasteiger partial charge in [-0.25, -0.2) is 4.98 Å². The zero-order valence-corrected chi connectivity index (χ0v) is 13.6. The molecule has 1 aliphatic carbocycles. The highest BCUT2D eigenvalue weighted by Gasteiger charge is 2.39. The Morgan fingerprint density at radius 3 is 2.81 bits per heavy atom. The van der Waals surface area contributed by atoms with E-state index in [-0.39, 0.29) is 11.6 Å². The van der Waals surface area contributed by atoms with Crippen LogP contribution < -0.4 is 0 Å². The maximum Gasteiger partial charge on any atom is 0.306 e. The summed E-state index contributed by atoms with van der Waals surface area (Å²) in [5.74, 6) is 1.00. The van der Waals surface area contributed by atoms with Crippen LogP contribution in [0.2, 0.25) is 0 Å². The van der Waals surface area contributed by atoms with Crippen LogP contribution in [0, 0.1) is 11.8 Å². The van der Waals surface area contributed by atoms with E-state index in [1.165, 1.54) is 9.71 Å². The molecule has 0 spiro atoms. The smallest absolute Gasteiger partial charge is 0.306 e. The summed E-state index contributed by atoms with van der Waals surface area (Å²) in [5, 5.41) is 1.19. The fourth-order valence-corrected chi connectivity index (χ4v) is 3.70. The third-order valence-corrected chi connectivity index (χ3v) is 4.75. The Kier molecular flexibility index (Phi) is 3.74. The van der Waals surface area contributed by atoms with E-state index in [1.54, 1.807) is 11.3 Å². The van der Waals surface area contributed by atoms with Crippen LogP contribution in [0.25, 0.3) is 10.2 Å². The Morgan fingerprint density at radius 2 is 2.10 bits per heavy atom. The average molecular weight is 303 g/mol. The molecule has 0 aliphatic heterocycles. The van der Waals surface area contributed by atoms with Crippen LogP contribution in [0.15, 0.2) is 24.3 Å². The minimum absolute atomic E-state index is 0.0701. The number of thiazole rings is 1. The van der Waals surface area contributed by atoms with E-state index in [0.29, 0.717) is 18.3 Å². The third kappa shape index (κ3) is 3.82. The van der Waals surface area contributed by atoms with Gasteiger partial charge in [-0.1, -0.05) is 12.1 Å². The molecule has 1 aliphatic rings. The zero-order chi connectivity index (χ0) is 15.0. The summed E-state index contributed by atoms with van der Waals surface area (Å²) < 4.78 is 6.63. The number of hydrogen-bond acceptors (Lipinski definition) is 4. The molecule has 3 rings (SSSR count). The highest BCUT2D eigenvalue weighted by atomic mass is 32.1. The van der Waals surface area contributed by atoms with Gasteiger partial charge in [0.2, 0.25) is 0 Å². The summed E-state index contributed by atoms with van der Waals surface area (Å²) in [6.45, 7) is 5.74. The van der Waals surface area contributed by atoms with E-state index in [0.717, 1.165) is 18.4 Å². The number of rotatable bonds is 4. The normalized spacial score (nSPS) is 21.5. The number of ether oxygens (including phenoxy) is 1. The van der Waals surface area contributed by atoms with Crippen LogP contribution in [-0.4, -0.2) is 16.6 Å². The molecule has 0 N–H and O–H groups in total. The fraction of sp³-hybridized carbons (Fsp3) is 0.529. The van der Waals surface area contributed by atoms with Crippen LogP contribution in [0.3, 0.4) is 0 Å². The summed E-state index contributed by atoms with van der Waals surface area (Å²) in [6, 6.07) is 8.24. The number of carbonyl (C=O) groups excluding carboxylic acids is 1. The number of aromatic nitrogens is 1. The van der Waals surface area contributed by atoms with Gasteiger partial charge in [0.05, 0.1) is 15.2 Å². The van der Waals surface area contributed by atoms with Gasteiger partial charge in [0.15, 0.2) is 0 Å². The lowest BCUT2D eigenvalue weighted by Gasteiger charge is -2.19. The molecule has 3 nitrogen and oxygen atoms in total. The predicted octanol–water partition coefficient (Wildman–Crippen LogP) is 4.21. The topological polar surface area (TPSA) is 39.2 Å². The van der Waals surface area contributed by atoms with Gasteiger partial charge in [-0.05, 0) is 51.2 Å². The van der Waals surface area contributed by atoms with Gasteiger partial charge in [0.1, 0.15) is 5.60 Å². The molecule has 0 unspecified atom stereocenters. The molecular weight excluding hydrogens is 282 g/mol. The molecular formula is C17H21NO2S. The van der Waals surface area contributed by atoms with E-state index >= 15 is 0 Å². The van der Waals surface area contributed by atoms with Crippen molar-refractivity contribution in [2.45, 2.75) is 45.6 Å². The molecule has 21 heavy (non-hydrogen) atoms. The van der Waals surface area contributed by atoms with Crippen molar-refractivity contribution in [3.8, 4) is 0 Å².